The first kappa shape index (κ1) is 25.1. The zero-order valence-corrected chi connectivity index (χ0v) is 19.6. The molecule has 6 nitrogen and oxygen atoms in total. The highest BCUT2D eigenvalue weighted by molar-refractivity contribution is 7.89. The Morgan fingerprint density at radius 3 is 2.38 bits per heavy atom. The van der Waals surface area contributed by atoms with Crippen LogP contribution in [0.15, 0.2) is 53.4 Å². The molecule has 10 heteroatoms. The molecule has 0 radical (unpaired) electrons. The number of fused-ring (bicyclic) bond motifs is 1. The number of nitrogens with zero attached hydrogens (tertiary/aromatic N) is 2. The second-order valence-corrected chi connectivity index (χ2v) is 10.7. The second kappa shape index (κ2) is 10.3. The van der Waals surface area contributed by atoms with Crippen molar-refractivity contribution in [1.29, 1.82) is 0 Å². The molecule has 186 valence electrons. The Hall–Kier alpha value is -1.98. The molecule has 4 rings (SSSR count). The molecule has 1 N–H and O–H groups in total. The van der Waals surface area contributed by atoms with Gasteiger partial charge in [0.15, 0.2) is 0 Å². The zero-order valence-electron chi connectivity index (χ0n) is 18.7. The average molecular weight is 499 g/mol. The summed E-state index contributed by atoms with van der Waals surface area (Å²) in [5.41, 5.74) is 1.59. The minimum atomic E-state index is -4.52. The monoisotopic (exact) mass is 498 g/mol. The molecule has 34 heavy (non-hydrogen) atoms. The first-order chi connectivity index (χ1) is 16.1. The molecule has 2 aromatic rings. The van der Waals surface area contributed by atoms with E-state index in [4.69, 9.17) is 4.74 Å². The second-order valence-electron chi connectivity index (χ2n) is 8.79. The molecule has 1 aliphatic heterocycles. The first-order valence-corrected chi connectivity index (χ1v) is 12.9. The van der Waals surface area contributed by atoms with E-state index in [-0.39, 0.29) is 30.7 Å². The van der Waals surface area contributed by atoms with Crippen LogP contribution in [-0.4, -0.2) is 68.2 Å². The fraction of sp³-hybridized carbons (Fsp3) is 0.500. The number of aryl methyl sites for hydroxylation is 1. The lowest BCUT2D eigenvalue weighted by atomic mass is 9.89. The number of hydrogen-bond donors (Lipinski definition) is 1. The Kier molecular flexibility index (Phi) is 7.63. The third-order valence-electron chi connectivity index (χ3n) is 6.42. The fourth-order valence-corrected chi connectivity index (χ4v) is 6.00. The lowest BCUT2D eigenvalue weighted by molar-refractivity contribution is -0.137. The third kappa shape index (κ3) is 5.80. The van der Waals surface area contributed by atoms with Gasteiger partial charge in [-0.1, -0.05) is 24.3 Å². The molecule has 2 atom stereocenters. The van der Waals surface area contributed by atoms with E-state index in [2.05, 4.69) is 12.1 Å². The van der Waals surface area contributed by atoms with E-state index in [0.717, 1.165) is 43.5 Å². The molecular weight excluding hydrogens is 469 g/mol. The van der Waals surface area contributed by atoms with Crippen LogP contribution in [0.3, 0.4) is 0 Å². The number of hydrogen-bond acceptors (Lipinski definition) is 5. The number of rotatable bonds is 7. The summed E-state index contributed by atoms with van der Waals surface area (Å²) < 4.78 is 71.2. The molecule has 2 aromatic carbocycles. The SMILES string of the molecule is O=S(=O)(c1ccc(C(F)(F)F)cc1)N1CCN(C[C@H](O)CO[C@@H]2CCCc3ccccc32)CC1. The van der Waals surface area contributed by atoms with Crippen molar-refractivity contribution >= 4 is 10.0 Å². The molecule has 1 heterocycles. The van der Waals surface area contributed by atoms with Crippen molar-refractivity contribution in [3.8, 4) is 0 Å². The lowest BCUT2D eigenvalue weighted by Gasteiger charge is -2.35. The normalized spacial score (nSPS) is 21.2. The van der Waals surface area contributed by atoms with Gasteiger partial charge in [-0.25, -0.2) is 8.42 Å². The van der Waals surface area contributed by atoms with Gasteiger partial charge in [-0.3, -0.25) is 4.90 Å². The number of benzene rings is 2. The van der Waals surface area contributed by atoms with Crippen molar-refractivity contribution in [2.75, 3.05) is 39.3 Å². The molecular formula is C24H29F3N2O4S. The number of β-amino-alcohol motifs (C(OH)–C–C–N with tert-alkyl or cyclic N) is 1. The summed E-state index contributed by atoms with van der Waals surface area (Å²) >= 11 is 0. The molecule has 0 saturated carbocycles. The van der Waals surface area contributed by atoms with Crippen LogP contribution < -0.4 is 0 Å². The highest BCUT2D eigenvalue weighted by Gasteiger charge is 2.33. The number of piperazine rings is 1. The molecule has 0 aromatic heterocycles. The topological polar surface area (TPSA) is 70.1 Å². The van der Waals surface area contributed by atoms with E-state index in [9.17, 15) is 26.7 Å². The summed E-state index contributed by atoms with van der Waals surface area (Å²) in [4.78, 5) is 1.82. The van der Waals surface area contributed by atoms with E-state index in [1.807, 2.05) is 17.0 Å². The summed E-state index contributed by atoms with van der Waals surface area (Å²) in [6.07, 6.45) is -2.23. The number of aliphatic hydroxyl groups is 1. The van der Waals surface area contributed by atoms with Gasteiger partial charge in [0, 0.05) is 32.7 Å². The molecule has 2 aliphatic rings. The summed E-state index contributed by atoms with van der Waals surface area (Å²) in [5, 5.41) is 10.5. The maximum atomic E-state index is 12.8. The standard InChI is InChI=1S/C24H29F3N2O4S/c25-24(26,27)19-8-10-21(11-9-19)34(31,32)29-14-12-28(13-15-29)16-20(30)17-33-23-7-3-5-18-4-1-2-6-22(18)23/h1-2,4,6,8-11,20,23,30H,3,5,7,12-17H2/t20-,23+/m0/s1. The van der Waals surface area contributed by atoms with Crippen LogP contribution in [0, 0.1) is 0 Å². The predicted octanol–water partition coefficient (Wildman–Crippen LogP) is 3.47. The van der Waals surface area contributed by atoms with Crippen molar-refractivity contribution in [3.05, 3.63) is 65.2 Å². The largest absolute Gasteiger partial charge is 0.416 e. The van der Waals surface area contributed by atoms with Crippen LogP contribution in [-0.2, 0) is 27.4 Å². The summed E-state index contributed by atoms with van der Waals surface area (Å²) in [5.74, 6) is 0. The number of ether oxygens (including phenoxy) is 1. The Bertz CT molecular complexity index is 1070. The molecule has 1 saturated heterocycles. The van der Waals surface area contributed by atoms with Gasteiger partial charge in [-0.2, -0.15) is 17.5 Å². The molecule has 1 aliphatic carbocycles. The number of halogens is 3. The molecule has 0 unspecified atom stereocenters. The quantitative estimate of drug-likeness (QED) is 0.633. The van der Waals surface area contributed by atoms with Gasteiger partial charge in [-0.05, 0) is 54.7 Å². The van der Waals surface area contributed by atoms with Crippen molar-refractivity contribution in [3.63, 3.8) is 0 Å². The van der Waals surface area contributed by atoms with E-state index in [1.165, 1.54) is 15.4 Å². The molecule has 0 amide bonds. The van der Waals surface area contributed by atoms with Gasteiger partial charge in [0.25, 0.3) is 0 Å². The Morgan fingerprint density at radius 1 is 1.03 bits per heavy atom. The first-order valence-electron chi connectivity index (χ1n) is 11.4. The van der Waals surface area contributed by atoms with Crippen LogP contribution in [0.5, 0.6) is 0 Å². The van der Waals surface area contributed by atoms with Gasteiger partial charge in [0.05, 0.1) is 29.3 Å². The van der Waals surface area contributed by atoms with Crippen molar-refractivity contribution in [1.82, 2.24) is 9.21 Å². The van der Waals surface area contributed by atoms with Crippen molar-refractivity contribution in [2.45, 2.75) is 42.5 Å². The summed E-state index contributed by atoms with van der Waals surface area (Å²) in [6, 6.07) is 11.8. The van der Waals surface area contributed by atoms with Crippen molar-refractivity contribution in [2.24, 2.45) is 0 Å². The number of aliphatic hydroxyl groups excluding tert-OH is 1. The fourth-order valence-electron chi connectivity index (χ4n) is 4.58. The summed E-state index contributed by atoms with van der Waals surface area (Å²) in [6.45, 7) is 1.80. The smallest absolute Gasteiger partial charge is 0.389 e. The number of sulfonamides is 1. The number of alkyl halides is 3. The van der Waals surface area contributed by atoms with Gasteiger partial charge in [0.2, 0.25) is 10.0 Å². The molecule has 0 spiro atoms. The van der Waals surface area contributed by atoms with Gasteiger partial charge in [0.1, 0.15) is 0 Å². The van der Waals surface area contributed by atoms with Gasteiger partial charge < -0.3 is 9.84 Å². The molecule has 1 fully saturated rings. The third-order valence-corrected chi connectivity index (χ3v) is 8.34. The van der Waals surface area contributed by atoms with E-state index in [1.54, 1.807) is 0 Å². The van der Waals surface area contributed by atoms with E-state index in [0.29, 0.717) is 19.6 Å². The Balaban J connectivity index is 1.26. The van der Waals surface area contributed by atoms with Gasteiger partial charge in [-0.15, -0.1) is 0 Å². The molecule has 0 bridgehead atoms. The lowest BCUT2D eigenvalue weighted by Crippen LogP contribution is -2.50. The Labute approximate surface area is 198 Å². The van der Waals surface area contributed by atoms with Crippen LogP contribution in [0.4, 0.5) is 13.2 Å². The van der Waals surface area contributed by atoms with Crippen LogP contribution in [0.1, 0.15) is 35.6 Å². The van der Waals surface area contributed by atoms with Crippen LogP contribution in [0.2, 0.25) is 0 Å². The predicted molar refractivity (Wildman–Crippen MR) is 121 cm³/mol. The minimum absolute atomic E-state index is 0.0228. The van der Waals surface area contributed by atoms with Crippen LogP contribution in [0.25, 0.3) is 0 Å². The zero-order chi connectivity index (χ0) is 24.3. The highest BCUT2D eigenvalue weighted by Crippen LogP contribution is 2.32. The average Bonchev–Trinajstić information content (AvgIpc) is 2.82. The van der Waals surface area contributed by atoms with Crippen molar-refractivity contribution < 1.29 is 31.4 Å². The maximum Gasteiger partial charge on any atom is 0.416 e. The Morgan fingerprint density at radius 2 is 1.71 bits per heavy atom. The highest BCUT2D eigenvalue weighted by atomic mass is 32.2. The van der Waals surface area contributed by atoms with Crippen LogP contribution >= 0.6 is 0 Å². The minimum Gasteiger partial charge on any atom is -0.389 e. The van der Waals surface area contributed by atoms with E-state index >= 15 is 0 Å². The van der Waals surface area contributed by atoms with Gasteiger partial charge >= 0.3 is 6.18 Å². The summed E-state index contributed by atoms with van der Waals surface area (Å²) in [7, 11) is -3.88. The van der Waals surface area contributed by atoms with E-state index < -0.39 is 27.9 Å². The maximum absolute atomic E-state index is 12.8.